The van der Waals surface area contributed by atoms with Gasteiger partial charge in [-0.3, -0.25) is 0 Å². The number of hydrogen-bond donors (Lipinski definition) is 2. The minimum atomic E-state index is -1.65. The molecule has 1 saturated heterocycles. The number of nitrogen functional groups attached to an aromatic ring is 1. The molecule has 0 aromatic carbocycles. The summed E-state index contributed by atoms with van der Waals surface area (Å²) in [6.07, 6.45) is -0.722. The SMILES string of the molecule is CC(C)(C)OC(=O)N1CC[C@@](O)(c2cnc(N)s2)[C@@H](F)C1. The molecule has 1 aliphatic rings. The first-order valence-electron chi connectivity index (χ1n) is 6.68. The molecule has 2 atom stereocenters. The first-order chi connectivity index (χ1) is 9.62. The molecule has 2 heterocycles. The second-order valence-corrected chi connectivity index (χ2v) is 7.19. The van der Waals surface area contributed by atoms with Gasteiger partial charge in [-0.2, -0.15) is 0 Å². The molecule has 1 fully saturated rings. The van der Waals surface area contributed by atoms with Gasteiger partial charge in [0, 0.05) is 19.2 Å². The van der Waals surface area contributed by atoms with Gasteiger partial charge in [0.15, 0.2) is 11.3 Å². The molecule has 2 rings (SSSR count). The van der Waals surface area contributed by atoms with Gasteiger partial charge >= 0.3 is 6.09 Å². The van der Waals surface area contributed by atoms with Crippen LogP contribution in [-0.4, -0.2) is 45.9 Å². The first kappa shape index (κ1) is 16.0. The van der Waals surface area contributed by atoms with Gasteiger partial charge in [0.2, 0.25) is 0 Å². The van der Waals surface area contributed by atoms with Crippen LogP contribution < -0.4 is 5.73 Å². The third-order valence-corrected chi connectivity index (χ3v) is 4.26. The van der Waals surface area contributed by atoms with Gasteiger partial charge in [-0.25, -0.2) is 14.2 Å². The van der Waals surface area contributed by atoms with Gasteiger partial charge in [-0.1, -0.05) is 11.3 Å². The van der Waals surface area contributed by atoms with E-state index in [9.17, 15) is 14.3 Å². The number of piperidine rings is 1. The lowest BCUT2D eigenvalue weighted by atomic mass is 9.88. The number of amides is 1. The topological polar surface area (TPSA) is 88.7 Å². The van der Waals surface area contributed by atoms with Crippen LogP contribution in [0.2, 0.25) is 0 Å². The molecule has 0 unspecified atom stereocenters. The van der Waals surface area contributed by atoms with E-state index in [1.807, 2.05) is 0 Å². The number of halogens is 1. The fraction of sp³-hybridized carbons (Fsp3) is 0.692. The Morgan fingerprint density at radius 1 is 1.67 bits per heavy atom. The smallest absolute Gasteiger partial charge is 0.410 e. The number of aliphatic hydroxyl groups is 1. The monoisotopic (exact) mass is 317 g/mol. The Bertz CT molecular complexity index is 531. The Morgan fingerprint density at radius 3 is 2.81 bits per heavy atom. The summed E-state index contributed by atoms with van der Waals surface area (Å²) in [5, 5.41) is 10.8. The molecule has 0 spiro atoms. The van der Waals surface area contributed by atoms with Crippen LogP contribution in [0.25, 0.3) is 0 Å². The molecular formula is C13H20FN3O3S. The average molecular weight is 317 g/mol. The van der Waals surface area contributed by atoms with Crippen LogP contribution in [0.1, 0.15) is 32.1 Å². The Morgan fingerprint density at radius 2 is 2.33 bits per heavy atom. The van der Waals surface area contributed by atoms with Crippen molar-refractivity contribution < 1.29 is 19.0 Å². The maximum absolute atomic E-state index is 14.4. The number of likely N-dealkylation sites (tertiary alicyclic amines) is 1. The van der Waals surface area contributed by atoms with E-state index in [1.54, 1.807) is 20.8 Å². The van der Waals surface area contributed by atoms with Gasteiger partial charge in [-0.05, 0) is 20.8 Å². The molecular weight excluding hydrogens is 297 g/mol. The van der Waals surface area contributed by atoms with E-state index in [-0.39, 0.29) is 24.6 Å². The Kier molecular flexibility index (Phi) is 4.12. The number of ether oxygens (including phenoxy) is 1. The number of hydrogen-bond acceptors (Lipinski definition) is 6. The van der Waals surface area contributed by atoms with Crippen molar-refractivity contribution in [2.24, 2.45) is 0 Å². The highest BCUT2D eigenvalue weighted by Crippen LogP contribution is 2.38. The van der Waals surface area contributed by atoms with Crippen LogP contribution >= 0.6 is 11.3 Å². The van der Waals surface area contributed by atoms with Crippen LogP contribution in [0.15, 0.2) is 6.20 Å². The highest BCUT2D eigenvalue weighted by Gasteiger charge is 2.46. The van der Waals surface area contributed by atoms with Crippen molar-refractivity contribution in [3.05, 3.63) is 11.1 Å². The van der Waals surface area contributed by atoms with E-state index >= 15 is 0 Å². The zero-order valence-electron chi connectivity index (χ0n) is 12.3. The van der Waals surface area contributed by atoms with E-state index in [2.05, 4.69) is 4.98 Å². The maximum atomic E-state index is 14.4. The third kappa shape index (κ3) is 3.44. The number of rotatable bonds is 1. The molecule has 1 aliphatic heterocycles. The normalized spacial score (nSPS) is 26.7. The van der Waals surface area contributed by atoms with Crippen molar-refractivity contribution in [2.45, 2.75) is 44.6 Å². The quantitative estimate of drug-likeness (QED) is 0.826. The summed E-state index contributed by atoms with van der Waals surface area (Å²) in [4.78, 5) is 17.4. The van der Waals surface area contributed by atoms with E-state index in [0.717, 1.165) is 11.3 Å². The lowest BCUT2D eigenvalue weighted by molar-refractivity contribution is -0.0885. The predicted octanol–water partition coefficient (Wildman–Crippen LogP) is 1.89. The van der Waals surface area contributed by atoms with E-state index < -0.39 is 23.5 Å². The molecule has 6 nitrogen and oxygen atoms in total. The van der Waals surface area contributed by atoms with E-state index in [1.165, 1.54) is 11.1 Å². The molecule has 118 valence electrons. The van der Waals surface area contributed by atoms with Gasteiger partial charge in [-0.15, -0.1) is 0 Å². The fourth-order valence-electron chi connectivity index (χ4n) is 2.16. The molecule has 0 saturated carbocycles. The summed E-state index contributed by atoms with van der Waals surface area (Å²) < 4.78 is 19.6. The van der Waals surface area contributed by atoms with Crippen molar-refractivity contribution in [1.82, 2.24) is 9.88 Å². The molecule has 0 bridgehead atoms. The molecule has 1 aromatic heterocycles. The molecule has 0 radical (unpaired) electrons. The molecule has 0 aliphatic carbocycles. The molecule has 21 heavy (non-hydrogen) atoms. The highest BCUT2D eigenvalue weighted by molar-refractivity contribution is 7.15. The molecule has 8 heteroatoms. The second-order valence-electron chi connectivity index (χ2n) is 6.13. The average Bonchev–Trinajstić information content (AvgIpc) is 2.78. The minimum Gasteiger partial charge on any atom is -0.444 e. The van der Waals surface area contributed by atoms with Crippen molar-refractivity contribution in [3.8, 4) is 0 Å². The van der Waals surface area contributed by atoms with Crippen molar-refractivity contribution in [3.63, 3.8) is 0 Å². The van der Waals surface area contributed by atoms with Gasteiger partial charge in [0.1, 0.15) is 11.2 Å². The number of nitrogens with two attached hydrogens (primary N) is 1. The third-order valence-electron chi connectivity index (χ3n) is 3.26. The Balaban J connectivity index is 2.07. The number of alkyl halides is 1. The number of anilines is 1. The zero-order valence-corrected chi connectivity index (χ0v) is 13.1. The van der Waals surface area contributed by atoms with Crippen LogP contribution in [0.4, 0.5) is 14.3 Å². The summed E-state index contributed by atoms with van der Waals surface area (Å²) in [6.45, 7) is 5.24. The fourth-order valence-corrected chi connectivity index (χ4v) is 3.00. The van der Waals surface area contributed by atoms with Crippen LogP contribution in [0.5, 0.6) is 0 Å². The van der Waals surface area contributed by atoms with Crippen molar-refractivity contribution in [1.29, 1.82) is 0 Å². The lowest BCUT2D eigenvalue weighted by Gasteiger charge is -2.40. The van der Waals surface area contributed by atoms with E-state index in [0.29, 0.717) is 4.88 Å². The van der Waals surface area contributed by atoms with Crippen molar-refractivity contribution in [2.75, 3.05) is 18.8 Å². The van der Waals surface area contributed by atoms with Crippen LogP contribution in [0, 0.1) is 0 Å². The van der Waals surface area contributed by atoms with Gasteiger partial charge in [0.25, 0.3) is 0 Å². The standard InChI is InChI=1S/C13H20FN3O3S/c1-12(2,3)20-11(18)17-5-4-13(19,8(14)7-17)9-6-16-10(15)21-9/h6,8,19H,4-5,7H2,1-3H3,(H2,15,16)/t8-,13-/m0/s1. The van der Waals surface area contributed by atoms with E-state index in [4.69, 9.17) is 10.5 Å². The zero-order chi connectivity index (χ0) is 15.8. The number of carbonyl (C=O) groups is 1. The number of carbonyl (C=O) groups excluding carboxylic acids is 1. The summed E-state index contributed by atoms with van der Waals surface area (Å²) in [7, 11) is 0. The Labute approximate surface area is 126 Å². The highest BCUT2D eigenvalue weighted by atomic mass is 32.1. The number of nitrogens with zero attached hydrogens (tertiary/aromatic N) is 2. The molecule has 1 amide bonds. The summed E-state index contributed by atoms with van der Waals surface area (Å²) in [5.41, 5.74) is 3.24. The van der Waals surface area contributed by atoms with Crippen molar-refractivity contribution >= 4 is 22.6 Å². The number of aromatic nitrogens is 1. The second kappa shape index (κ2) is 5.42. The van der Waals surface area contributed by atoms with Gasteiger partial charge in [0.05, 0.1) is 11.4 Å². The Hall–Kier alpha value is -1.41. The summed E-state index contributed by atoms with van der Waals surface area (Å²) >= 11 is 1.06. The largest absolute Gasteiger partial charge is 0.444 e. The summed E-state index contributed by atoms with van der Waals surface area (Å²) in [5.74, 6) is 0. The molecule has 1 aromatic rings. The van der Waals surface area contributed by atoms with Crippen LogP contribution in [0.3, 0.4) is 0 Å². The first-order valence-corrected chi connectivity index (χ1v) is 7.49. The molecule has 3 N–H and O–H groups in total. The van der Waals surface area contributed by atoms with Crippen LogP contribution in [-0.2, 0) is 10.3 Å². The lowest BCUT2D eigenvalue weighted by Crippen LogP contribution is -2.53. The summed E-state index contributed by atoms with van der Waals surface area (Å²) in [6, 6.07) is 0. The maximum Gasteiger partial charge on any atom is 0.410 e. The van der Waals surface area contributed by atoms with Gasteiger partial charge < -0.3 is 20.5 Å². The number of thiazole rings is 1. The minimum absolute atomic E-state index is 0.0784. The predicted molar refractivity (Wildman–Crippen MR) is 77.7 cm³/mol.